The van der Waals surface area contributed by atoms with Crippen LogP contribution in [0.15, 0.2) is 12.4 Å². The van der Waals surface area contributed by atoms with Crippen molar-refractivity contribution >= 4 is 0 Å². The third-order valence-corrected chi connectivity index (χ3v) is 4.70. The summed E-state index contributed by atoms with van der Waals surface area (Å²) in [6.45, 7) is 6.00. The van der Waals surface area contributed by atoms with Gasteiger partial charge in [-0.15, -0.1) is 0 Å². The van der Waals surface area contributed by atoms with Gasteiger partial charge in [-0.05, 0) is 62.7 Å². The van der Waals surface area contributed by atoms with E-state index in [-0.39, 0.29) is 5.41 Å². The Morgan fingerprint density at radius 1 is 1.37 bits per heavy atom. The Labute approximate surface area is 116 Å². The summed E-state index contributed by atoms with van der Waals surface area (Å²) in [7, 11) is 1.97. The maximum Gasteiger partial charge on any atom is 0.0521 e. The molecule has 0 unspecified atom stereocenters. The zero-order valence-corrected chi connectivity index (χ0v) is 12.3. The summed E-state index contributed by atoms with van der Waals surface area (Å²) in [6, 6.07) is 0. The summed E-state index contributed by atoms with van der Waals surface area (Å²) in [5, 5.41) is 13.7. The molecule has 1 N–H and O–H groups in total. The van der Waals surface area contributed by atoms with E-state index < -0.39 is 0 Å². The molecular formula is C15H27N3O. The second kappa shape index (κ2) is 6.53. The van der Waals surface area contributed by atoms with Crippen LogP contribution in [0.5, 0.6) is 0 Å². The first kappa shape index (κ1) is 14.5. The molecule has 19 heavy (non-hydrogen) atoms. The Morgan fingerprint density at radius 2 is 2.11 bits per heavy atom. The molecule has 0 radical (unpaired) electrons. The lowest BCUT2D eigenvalue weighted by atomic mass is 9.77. The van der Waals surface area contributed by atoms with Gasteiger partial charge in [-0.1, -0.05) is 6.92 Å². The van der Waals surface area contributed by atoms with E-state index in [0.717, 1.165) is 38.8 Å². The molecule has 2 rings (SSSR count). The van der Waals surface area contributed by atoms with Crippen LogP contribution >= 0.6 is 0 Å². The standard InChI is InChI=1S/C15H27N3O/c1-3-15(13-19)6-9-18(10-7-15)8-4-5-14-11-16-17(2)12-14/h11-12,19H,3-10,13H2,1-2H3. The van der Waals surface area contributed by atoms with E-state index >= 15 is 0 Å². The zero-order valence-electron chi connectivity index (χ0n) is 12.3. The van der Waals surface area contributed by atoms with E-state index in [1.807, 2.05) is 17.9 Å². The van der Waals surface area contributed by atoms with E-state index in [4.69, 9.17) is 0 Å². The highest BCUT2D eigenvalue weighted by Crippen LogP contribution is 2.34. The van der Waals surface area contributed by atoms with Crippen molar-refractivity contribution < 1.29 is 5.11 Å². The van der Waals surface area contributed by atoms with Crippen molar-refractivity contribution in [3.63, 3.8) is 0 Å². The first-order chi connectivity index (χ1) is 9.17. The number of nitrogens with zero attached hydrogens (tertiary/aromatic N) is 3. The molecule has 0 spiro atoms. The molecule has 0 aromatic carbocycles. The maximum atomic E-state index is 9.53. The minimum Gasteiger partial charge on any atom is -0.396 e. The van der Waals surface area contributed by atoms with Crippen LogP contribution < -0.4 is 0 Å². The molecule has 1 saturated heterocycles. The fourth-order valence-electron chi connectivity index (χ4n) is 2.98. The fraction of sp³-hybridized carbons (Fsp3) is 0.800. The maximum absolute atomic E-state index is 9.53. The number of aliphatic hydroxyl groups is 1. The molecule has 1 aromatic rings. The van der Waals surface area contributed by atoms with Crippen LogP contribution in [-0.2, 0) is 13.5 Å². The normalized spacial score (nSPS) is 19.7. The second-order valence-corrected chi connectivity index (χ2v) is 5.98. The minimum absolute atomic E-state index is 0.208. The van der Waals surface area contributed by atoms with Crippen LogP contribution in [0.1, 0.15) is 38.2 Å². The number of rotatable bonds is 6. The number of piperidine rings is 1. The van der Waals surface area contributed by atoms with Crippen molar-refractivity contribution in [2.45, 2.75) is 39.0 Å². The Balaban J connectivity index is 1.68. The molecule has 1 aromatic heterocycles. The van der Waals surface area contributed by atoms with E-state index in [0.29, 0.717) is 6.61 Å². The highest BCUT2D eigenvalue weighted by atomic mass is 16.3. The molecule has 1 fully saturated rings. The summed E-state index contributed by atoms with van der Waals surface area (Å²) < 4.78 is 1.87. The van der Waals surface area contributed by atoms with E-state index in [1.54, 1.807) is 0 Å². The lowest BCUT2D eigenvalue weighted by Gasteiger charge is -2.40. The Morgan fingerprint density at radius 3 is 2.63 bits per heavy atom. The van der Waals surface area contributed by atoms with Crippen LogP contribution in [0.2, 0.25) is 0 Å². The molecule has 4 nitrogen and oxygen atoms in total. The molecule has 0 bridgehead atoms. The topological polar surface area (TPSA) is 41.3 Å². The molecule has 0 amide bonds. The first-order valence-electron chi connectivity index (χ1n) is 7.48. The predicted octanol–water partition coefficient (Wildman–Crippen LogP) is 1.84. The van der Waals surface area contributed by atoms with Crippen molar-refractivity contribution in [2.24, 2.45) is 12.5 Å². The largest absolute Gasteiger partial charge is 0.396 e. The van der Waals surface area contributed by atoms with E-state index in [1.165, 1.54) is 18.5 Å². The monoisotopic (exact) mass is 265 g/mol. The summed E-state index contributed by atoms with van der Waals surface area (Å²) in [6.07, 6.45) is 9.77. The molecule has 2 heterocycles. The Hall–Kier alpha value is -0.870. The summed E-state index contributed by atoms with van der Waals surface area (Å²) in [5.41, 5.74) is 1.54. The second-order valence-electron chi connectivity index (χ2n) is 5.98. The van der Waals surface area contributed by atoms with Crippen molar-refractivity contribution in [1.82, 2.24) is 14.7 Å². The third-order valence-electron chi connectivity index (χ3n) is 4.70. The first-order valence-corrected chi connectivity index (χ1v) is 7.48. The number of aryl methyl sites for hydroxylation is 2. The summed E-state index contributed by atoms with van der Waals surface area (Å²) in [4.78, 5) is 2.54. The minimum atomic E-state index is 0.208. The van der Waals surface area contributed by atoms with Crippen molar-refractivity contribution in [1.29, 1.82) is 0 Å². The van der Waals surface area contributed by atoms with Crippen LogP contribution in [0.3, 0.4) is 0 Å². The molecular weight excluding hydrogens is 238 g/mol. The van der Waals surface area contributed by atoms with Gasteiger partial charge in [0.25, 0.3) is 0 Å². The zero-order chi connectivity index (χ0) is 13.7. The third kappa shape index (κ3) is 3.80. The molecule has 4 heteroatoms. The van der Waals surface area contributed by atoms with E-state index in [9.17, 15) is 5.11 Å². The van der Waals surface area contributed by atoms with Crippen molar-refractivity contribution in [3.8, 4) is 0 Å². The number of hydrogen-bond acceptors (Lipinski definition) is 3. The molecule has 0 saturated carbocycles. The van der Waals surface area contributed by atoms with Crippen LogP contribution in [0.25, 0.3) is 0 Å². The molecule has 0 aliphatic carbocycles. The smallest absolute Gasteiger partial charge is 0.0521 e. The van der Waals surface area contributed by atoms with Gasteiger partial charge in [0.15, 0.2) is 0 Å². The van der Waals surface area contributed by atoms with Crippen molar-refractivity contribution in [3.05, 3.63) is 18.0 Å². The number of hydrogen-bond donors (Lipinski definition) is 1. The van der Waals surface area contributed by atoms with Crippen LogP contribution in [0.4, 0.5) is 0 Å². The molecule has 0 atom stereocenters. The Bertz CT molecular complexity index is 374. The quantitative estimate of drug-likeness (QED) is 0.853. The van der Waals surface area contributed by atoms with Gasteiger partial charge in [-0.25, -0.2) is 0 Å². The lowest BCUT2D eigenvalue weighted by Crippen LogP contribution is -2.42. The number of aliphatic hydroxyl groups excluding tert-OH is 1. The SMILES string of the molecule is CCC1(CO)CCN(CCCc2cnn(C)c2)CC1. The number of likely N-dealkylation sites (tertiary alicyclic amines) is 1. The highest BCUT2D eigenvalue weighted by Gasteiger charge is 2.31. The van der Waals surface area contributed by atoms with Gasteiger partial charge >= 0.3 is 0 Å². The predicted molar refractivity (Wildman–Crippen MR) is 77.0 cm³/mol. The van der Waals surface area contributed by atoms with Gasteiger partial charge in [0.1, 0.15) is 0 Å². The average Bonchev–Trinajstić information content (AvgIpc) is 2.86. The average molecular weight is 265 g/mol. The molecule has 1 aliphatic rings. The van der Waals surface area contributed by atoms with Crippen molar-refractivity contribution in [2.75, 3.05) is 26.2 Å². The van der Waals surface area contributed by atoms with Gasteiger partial charge in [0.05, 0.1) is 6.20 Å². The summed E-state index contributed by atoms with van der Waals surface area (Å²) in [5.74, 6) is 0. The lowest BCUT2D eigenvalue weighted by molar-refractivity contribution is 0.0407. The van der Waals surface area contributed by atoms with Gasteiger partial charge in [0.2, 0.25) is 0 Å². The Kier molecular flexibility index (Phi) is 4.99. The number of aromatic nitrogens is 2. The fourth-order valence-corrected chi connectivity index (χ4v) is 2.98. The van der Waals surface area contributed by atoms with Gasteiger partial charge in [-0.3, -0.25) is 4.68 Å². The van der Waals surface area contributed by atoms with Gasteiger partial charge in [-0.2, -0.15) is 5.10 Å². The summed E-state index contributed by atoms with van der Waals surface area (Å²) >= 11 is 0. The van der Waals surface area contributed by atoms with E-state index in [2.05, 4.69) is 23.1 Å². The molecule has 1 aliphatic heterocycles. The highest BCUT2D eigenvalue weighted by molar-refractivity contribution is 5.03. The van der Waals surface area contributed by atoms with Gasteiger partial charge < -0.3 is 10.0 Å². The molecule has 108 valence electrons. The van der Waals surface area contributed by atoms with Crippen LogP contribution in [0, 0.1) is 5.41 Å². The van der Waals surface area contributed by atoms with Crippen LogP contribution in [-0.4, -0.2) is 46.0 Å². The van der Waals surface area contributed by atoms with Gasteiger partial charge in [0, 0.05) is 19.9 Å².